The van der Waals surface area contributed by atoms with Gasteiger partial charge in [0.05, 0.1) is 22.8 Å². The molecule has 3 aromatic rings. The predicted molar refractivity (Wildman–Crippen MR) is 136 cm³/mol. The number of rotatable bonds is 6. The lowest BCUT2D eigenvalue weighted by Gasteiger charge is -2.35. The largest absolute Gasteiger partial charge is 0.486 e. The Morgan fingerprint density at radius 3 is 2.56 bits per heavy atom. The normalized spacial score (nSPS) is 16.3. The van der Waals surface area contributed by atoms with E-state index in [0.717, 1.165) is 5.56 Å². The molecule has 1 atom stereocenters. The van der Waals surface area contributed by atoms with Crippen molar-refractivity contribution < 1.29 is 19.3 Å². The van der Waals surface area contributed by atoms with E-state index < -0.39 is 17.6 Å². The fourth-order valence-corrected chi connectivity index (χ4v) is 4.05. The van der Waals surface area contributed by atoms with Crippen molar-refractivity contribution >= 4 is 17.3 Å². The number of pyridine rings is 3. The number of aliphatic hydroxyl groups is 2. The van der Waals surface area contributed by atoms with E-state index in [9.17, 15) is 14.6 Å². The first-order valence-corrected chi connectivity index (χ1v) is 11.8. The summed E-state index contributed by atoms with van der Waals surface area (Å²) in [6.07, 6.45) is 3.71. The van der Waals surface area contributed by atoms with Gasteiger partial charge in [-0.2, -0.15) is 0 Å². The summed E-state index contributed by atoms with van der Waals surface area (Å²) in [5.41, 5.74) is 3.59. The van der Waals surface area contributed by atoms with Gasteiger partial charge in [0.1, 0.15) is 34.5 Å². The molecule has 0 amide bonds. The molecule has 0 spiro atoms. The second-order valence-electron chi connectivity index (χ2n) is 9.29. The monoisotopic (exact) mass is 510 g/mol. The highest BCUT2D eigenvalue weighted by atomic mass is 35.5. The minimum absolute atomic E-state index is 0.0630. The molecule has 9 heteroatoms. The molecule has 7 nitrogen and oxygen atoms in total. The Kier molecular flexibility index (Phi) is 7.13. The van der Waals surface area contributed by atoms with Crippen LogP contribution in [0.1, 0.15) is 43.3 Å². The van der Waals surface area contributed by atoms with Crippen LogP contribution in [0.3, 0.4) is 0 Å². The highest BCUT2D eigenvalue weighted by Gasteiger charge is 2.30. The molecule has 0 fully saturated rings. The number of aliphatic hydroxyl groups excluding tert-OH is 1. The van der Waals surface area contributed by atoms with E-state index in [1.54, 1.807) is 50.2 Å². The number of hydrogen-bond donors (Lipinski definition) is 2. The van der Waals surface area contributed by atoms with Crippen LogP contribution in [0.5, 0.6) is 0 Å². The lowest BCUT2D eigenvalue weighted by atomic mass is 10.0. The summed E-state index contributed by atoms with van der Waals surface area (Å²) in [6.45, 7) is 8.65. The van der Waals surface area contributed by atoms with E-state index in [4.69, 9.17) is 16.3 Å². The molecular weight excluding hydrogens is 483 g/mol. The maximum absolute atomic E-state index is 14.2. The second kappa shape index (κ2) is 9.97. The van der Waals surface area contributed by atoms with Crippen molar-refractivity contribution in [2.75, 3.05) is 4.90 Å². The molecule has 0 saturated carbocycles. The summed E-state index contributed by atoms with van der Waals surface area (Å²) in [6, 6.07) is 8.57. The molecule has 0 aliphatic carbocycles. The first-order valence-electron chi connectivity index (χ1n) is 11.4. The predicted octanol–water partition coefficient (Wildman–Crippen LogP) is 5.23. The molecule has 0 saturated heterocycles. The van der Waals surface area contributed by atoms with Crippen molar-refractivity contribution in [2.24, 2.45) is 0 Å². The lowest BCUT2D eigenvalue weighted by molar-refractivity contribution is 0.0740. The van der Waals surface area contributed by atoms with Crippen LogP contribution in [0.4, 0.5) is 10.1 Å². The number of halogens is 2. The van der Waals surface area contributed by atoms with Gasteiger partial charge in [-0.3, -0.25) is 9.97 Å². The van der Waals surface area contributed by atoms with E-state index in [1.165, 1.54) is 6.07 Å². The number of ether oxygens (including phenoxy) is 1. The van der Waals surface area contributed by atoms with E-state index in [2.05, 4.69) is 15.0 Å². The fraction of sp³-hybridized carbons (Fsp3) is 0.296. The Labute approximate surface area is 214 Å². The quantitative estimate of drug-likeness (QED) is 0.469. The molecule has 3 aromatic heterocycles. The molecule has 1 unspecified atom stereocenters. The van der Waals surface area contributed by atoms with Crippen molar-refractivity contribution in [3.63, 3.8) is 0 Å². The minimum atomic E-state index is -1.23. The fourth-order valence-electron chi connectivity index (χ4n) is 3.84. The molecule has 4 rings (SSSR count). The zero-order valence-corrected chi connectivity index (χ0v) is 21.5. The van der Waals surface area contributed by atoms with Crippen molar-refractivity contribution in [3.05, 3.63) is 93.6 Å². The van der Waals surface area contributed by atoms with E-state index in [1.807, 2.05) is 32.0 Å². The molecule has 36 heavy (non-hydrogen) atoms. The first kappa shape index (κ1) is 25.8. The molecule has 1 aliphatic rings. The third-order valence-corrected chi connectivity index (χ3v) is 6.20. The highest BCUT2D eigenvalue weighted by Crippen LogP contribution is 2.36. The van der Waals surface area contributed by atoms with Gasteiger partial charge in [0, 0.05) is 24.2 Å². The lowest BCUT2D eigenvalue weighted by Crippen LogP contribution is -2.37. The molecule has 1 aliphatic heterocycles. The molecule has 0 aromatic carbocycles. The van der Waals surface area contributed by atoms with Gasteiger partial charge in [-0.1, -0.05) is 17.7 Å². The Balaban J connectivity index is 1.63. The van der Waals surface area contributed by atoms with Crippen LogP contribution in [0.2, 0.25) is 0 Å². The van der Waals surface area contributed by atoms with Gasteiger partial charge in [0.15, 0.2) is 6.23 Å². The number of allylic oxidation sites excluding steroid dienone is 2. The van der Waals surface area contributed by atoms with Crippen LogP contribution in [-0.2, 0) is 16.9 Å². The molecule has 188 valence electrons. The van der Waals surface area contributed by atoms with Crippen molar-refractivity contribution in [1.82, 2.24) is 15.0 Å². The van der Waals surface area contributed by atoms with E-state index in [-0.39, 0.29) is 23.1 Å². The Bertz CT molecular complexity index is 1370. The van der Waals surface area contributed by atoms with E-state index >= 15 is 0 Å². The molecular formula is C27H28ClFN4O3. The van der Waals surface area contributed by atoms with Crippen LogP contribution >= 0.6 is 11.6 Å². The van der Waals surface area contributed by atoms with Gasteiger partial charge < -0.3 is 19.8 Å². The topological polar surface area (TPSA) is 91.6 Å². The maximum Gasteiger partial charge on any atom is 0.171 e. The summed E-state index contributed by atoms with van der Waals surface area (Å²) in [5.74, 6) is -0.223. The summed E-state index contributed by atoms with van der Waals surface area (Å²) in [4.78, 5) is 14.8. The van der Waals surface area contributed by atoms with Crippen LogP contribution in [-0.4, -0.2) is 31.4 Å². The van der Waals surface area contributed by atoms with Crippen molar-refractivity contribution in [3.8, 4) is 11.4 Å². The smallest absolute Gasteiger partial charge is 0.171 e. The highest BCUT2D eigenvalue weighted by molar-refractivity contribution is 6.31. The number of nitrogens with zero attached hydrogens (tertiary/aromatic N) is 4. The Morgan fingerprint density at radius 2 is 1.86 bits per heavy atom. The summed E-state index contributed by atoms with van der Waals surface area (Å²) in [7, 11) is 0. The van der Waals surface area contributed by atoms with Crippen molar-refractivity contribution in [1.29, 1.82) is 0 Å². The summed E-state index contributed by atoms with van der Waals surface area (Å²) < 4.78 is 19.9. The van der Waals surface area contributed by atoms with Crippen LogP contribution < -0.4 is 4.90 Å². The second-order valence-corrected chi connectivity index (χ2v) is 9.70. The number of aromatic nitrogens is 3. The zero-order valence-electron chi connectivity index (χ0n) is 20.8. The minimum Gasteiger partial charge on any atom is -0.486 e. The SMILES string of the molecule is CC1=CC(OCc2ncc(C)cc2F)=C(Cl)C(O)N1c1cc(-c2cccc(C(C)(C)O)n2)ncc1C. The van der Waals surface area contributed by atoms with Crippen LogP contribution in [0.25, 0.3) is 11.4 Å². The zero-order chi connectivity index (χ0) is 26.2. The standard InChI is InChI=1S/C27H28ClFN4O3/c1-15-9-18(29)21(30-12-15)14-36-23-10-17(3)33(26(34)25(23)28)22-11-20(31-13-16(22)2)19-7-6-8-24(32-19)27(4,5)35/h6-13,26,34-35H,14H2,1-5H3. The van der Waals surface area contributed by atoms with Gasteiger partial charge in [-0.15, -0.1) is 0 Å². The van der Waals surface area contributed by atoms with Gasteiger partial charge in [0.2, 0.25) is 0 Å². The average Bonchev–Trinajstić information content (AvgIpc) is 2.82. The molecule has 4 heterocycles. The number of anilines is 1. The van der Waals surface area contributed by atoms with Gasteiger partial charge in [-0.05, 0) is 70.0 Å². The van der Waals surface area contributed by atoms with E-state index in [0.29, 0.717) is 34.0 Å². The Morgan fingerprint density at radius 1 is 1.11 bits per heavy atom. The summed E-state index contributed by atoms with van der Waals surface area (Å²) in [5, 5.41) is 21.5. The number of aryl methyl sites for hydroxylation is 2. The van der Waals surface area contributed by atoms with Crippen LogP contribution in [0, 0.1) is 19.7 Å². The third-order valence-electron chi connectivity index (χ3n) is 5.82. The maximum atomic E-state index is 14.2. The summed E-state index contributed by atoms with van der Waals surface area (Å²) >= 11 is 6.50. The molecule has 2 N–H and O–H groups in total. The first-order chi connectivity index (χ1) is 17.0. The average molecular weight is 511 g/mol. The van der Waals surface area contributed by atoms with Gasteiger partial charge in [0.25, 0.3) is 0 Å². The van der Waals surface area contributed by atoms with Crippen LogP contribution in [0.15, 0.2) is 65.3 Å². The Hall–Kier alpha value is -3.33. The number of hydrogen-bond acceptors (Lipinski definition) is 7. The van der Waals surface area contributed by atoms with Gasteiger partial charge in [-0.25, -0.2) is 9.37 Å². The third kappa shape index (κ3) is 5.26. The van der Waals surface area contributed by atoms with Crippen molar-refractivity contribution in [2.45, 2.75) is 53.1 Å². The van der Waals surface area contributed by atoms with Gasteiger partial charge >= 0.3 is 0 Å². The molecule has 0 radical (unpaired) electrons. The molecule has 0 bridgehead atoms.